The van der Waals surface area contributed by atoms with Gasteiger partial charge in [0.1, 0.15) is 0 Å². The predicted octanol–water partition coefficient (Wildman–Crippen LogP) is 24.0. The SMILES string of the molecule is c1ccc(-c2cc(-c3ccccc3)cc(-c3cc4c(c(-c5cc(-c6ccccc6)cc(-c6ccccc6)c5)c3)Sc3cc(-n5c6ccccc6c6ccccc65)cc5c3B4c3ccc(-n4c6ccccc6c6ccccc64)cc3N5c3c(-c4ccccc4)cccc3-c3ccccc3)c2)cc1. The minimum atomic E-state index is -0.249. The summed E-state index contributed by atoms with van der Waals surface area (Å²) in [4.78, 5) is 5.14. The van der Waals surface area contributed by atoms with Crippen molar-refractivity contribution >= 4 is 95.5 Å². The lowest BCUT2D eigenvalue weighted by Crippen LogP contribution is -2.60. The van der Waals surface area contributed by atoms with Crippen molar-refractivity contribution in [3.8, 4) is 100 Å². The van der Waals surface area contributed by atoms with Gasteiger partial charge in [-0.25, -0.2) is 0 Å². The van der Waals surface area contributed by atoms with Gasteiger partial charge < -0.3 is 14.0 Å². The Labute approximate surface area is 591 Å². The molecule has 18 aromatic rings. The van der Waals surface area contributed by atoms with Crippen LogP contribution in [0.1, 0.15) is 0 Å². The third kappa shape index (κ3) is 9.83. The van der Waals surface area contributed by atoms with Crippen LogP contribution in [0, 0.1) is 0 Å². The summed E-state index contributed by atoms with van der Waals surface area (Å²) in [5.74, 6) is 0. The maximum Gasteiger partial charge on any atom is 0.249 e. The molecule has 0 amide bonds. The number of benzene rings is 16. The highest BCUT2D eigenvalue weighted by Crippen LogP contribution is 2.53. The van der Waals surface area contributed by atoms with E-state index in [0.717, 1.165) is 89.4 Å². The maximum absolute atomic E-state index is 2.69. The van der Waals surface area contributed by atoms with Crippen LogP contribution in [0.15, 0.2) is 386 Å². The lowest BCUT2D eigenvalue weighted by atomic mass is 9.34. The van der Waals surface area contributed by atoms with E-state index in [1.54, 1.807) is 0 Å². The number of aromatic nitrogens is 2. The van der Waals surface area contributed by atoms with Crippen LogP contribution in [0.5, 0.6) is 0 Å². The van der Waals surface area contributed by atoms with Crippen LogP contribution in [0.2, 0.25) is 0 Å². The Morgan fingerprint density at radius 2 is 0.584 bits per heavy atom. The van der Waals surface area contributed by atoms with E-state index in [-0.39, 0.29) is 6.71 Å². The fraction of sp³-hybridized carbons (Fsp3) is 0. The minimum Gasteiger partial charge on any atom is -0.310 e. The second kappa shape index (κ2) is 24.1. The zero-order chi connectivity index (χ0) is 66.5. The maximum atomic E-state index is 2.69. The highest BCUT2D eigenvalue weighted by molar-refractivity contribution is 8.00. The molecule has 0 saturated heterocycles. The van der Waals surface area contributed by atoms with Crippen molar-refractivity contribution in [2.24, 2.45) is 0 Å². The van der Waals surface area contributed by atoms with E-state index in [9.17, 15) is 0 Å². The molecule has 0 aliphatic carbocycles. The molecule has 0 saturated carbocycles. The van der Waals surface area contributed by atoms with Gasteiger partial charge in [0.05, 0.1) is 27.8 Å². The monoisotopic (exact) mass is 1300 g/mol. The Morgan fingerprint density at radius 1 is 0.228 bits per heavy atom. The zero-order valence-corrected chi connectivity index (χ0v) is 55.9. The summed E-state index contributed by atoms with van der Waals surface area (Å²) in [6, 6.07) is 141. The molecule has 4 heterocycles. The van der Waals surface area contributed by atoms with Gasteiger partial charge in [0.25, 0.3) is 0 Å². The highest BCUT2D eigenvalue weighted by Gasteiger charge is 2.44. The number of para-hydroxylation sites is 5. The van der Waals surface area contributed by atoms with Gasteiger partial charge in [-0.15, -0.1) is 0 Å². The highest BCUT2D eigenvalue weighted by atomic mass is 32.2. The Morgan fingerprint density at radius 3 is 1.02 bits per heavy atom. The molecule has 16 aromatic carbocycles. The van der Waals surface area contributed by atoms with E-state index < -0.39 is 0 Å². The van der Waals surface area contributed by atoms with E-state index in [1.165, 1.54) is 97.8 Å². The normalized spacial score (nSPS) is 12.3. The molecule has 0 spiro atoms. The van der Waals surface area contributed by atoms with Gasteiger partial charge in [0.2, 0.25) is 6.71 Å². The fourth-order valence-electron chi connectivity index (χ4n) is 16.4. The molecule has 0 bridgehead atoms. The fourth-order valence-corrected chi connectivity index (χ4v) is 17.7. The molecular formula is C96H62BN3S. The van der Waals surface area contributed by atoms with E-state index in [0.29, 0.717) is 0 Å². The number of anilines is 3. The summed E-state index contributed by atoms with van der Waals surface area (Å²) >= 11 is 1.93. The predicted molar refractivity (Wildman–Crippen MR) is 429 cm³/mol. The minimum absolute atomic E-state index is 0.249. The molecule has 3 nitrogen and oxygen atoms in total. The molecule has 0 N–H and O–H groups in total. The summed E-state index contributed by atoms with van der Waals surface area (Å²) in [5.41, 5.74) is 32.5. The van der Waals surface area contributed by atoms with Crippen molar-refractivity contribution in [2.45, 2.75) is 9.79 Å². The molecule has 2 aliphatic rings. The number of rotatable bonds is 11. The Hall–Kier alpha value is -12.7. The molecule has 0 fully saturated rings. The Bertz CT molecular complexity index is 6000. The summed E-state index contributed by atoms with van der Waals surface area (Å²) in [6.07, 6.45) is 0. The summed E-state index contributed by atoms with van der Waals surface area (Å²) < 4.78 is 5.02. The average Bonchev–Trinajstić information content (AvgIpc) is 1.15. The lowest BCUT2D eigenvalue weighted by Gasteiger charge is -2.42. The van der Waals surface area contributed by atoms with E-state index in [2.05, 4.69) is 390 Å². The van der Waals surface area contributed by atoms with Crippen LogP contribution in [0.25, 0.3) is 144 Å². The quantitative estimate of drug-likeness (QED) is 0.120. The number of hydrogen-bond donors (Lipinski definition) is 0. The first-order valence-electron chi connectivity index (χ1n) is 34.8. The molecular weight excluding hydrogens is 1240 g/mol. The van der Waals surface area contributed by atoms with Gasteiger partial charge in [-0.05, 0) is 180 Å². The van der Waals surface area contributed by atoms with Crippen LogP contribution in [-0.2, 0) is 0 Å². The smallest absolute Gasteiger partial charge is 0.249 e. The molecule has 0 radical (unpaired) electrons. The van der Waals surface area contributed by atoms with Crippen LogP contribution in [0.3, 0.4) is 0 Å². The van der Waals surface area contributed by atoms with E-state index in [4.69, 9.17) is 0 Å². The van der Waals surface area contributed by atoms with E-state index in [1.807, 2.05) is 11.8 Å². The molecule has 5 heteroatoms. The van der Waals surface area contributed by atoms with Gasteiger partial charge in [0.15, 0.2) is 0 Å². The molecule has 2 aliphatic heterocycles. The van der Waals surface area contributed by atoms with Crippen molar-refractivity contribution in [3.05, 3.63) is 376 Å². The third-order valence-corrected chi connectivity index (χ3v) is 22.1. The summed E-state index contributed by atoms with van der Waals surface area (Å²) in [6.45, 7) is -0.249. The molecule has 2 aromatic heterocycles. The van der Waals surface area contributed by atoms with Crippen molar-refractivity contribution in [3.63, 3.8) is 0 Å². The van der Waals surface area contributed by atoms with Crippen LogP contribution < -0.4 is 21.3 Å². The first-order valence-corrected chi connectivity index (χ1v) is 35.6. The van der Waals surface area contributed by atoms with Crippen molar-refractivity contribution in [1.82, 2.24) is 9.13 Å². The van der Waals surface area contributed by atoms with Crippen LogP contribution in [-0.4, -0.2) is 15.8 Å². The Balaban J connectivity index is 0.945. The Kier molecular flexibility index (Phi) is 14.0. The summed E-state index contributed by atoms with van der Waals surface area (Å²) in [7, 11) is 0. The van der Waals surface area contributed by atoms with Crippen molar-refractivity contribution in [1.29, 1.82) is 0 Å². The third-order valence-electron chi connectivity index (χ3n) is 20.9. The van der Waals surface area contributed by atoms with Crippen molar-refractivity contribution in [2.75, 3.05) is 4.90 Å². The second-order valence-corrected chi connectivity index (χ2v) is 27.7. The van der Waals surface area contributed by atoms with E-state index >= 15 is 0 Å². The second-order valence-electron chi connectivity index (χ2n) is 26.7. The lowest BCUT2D eigenvalue weighted by molar-refractivity contribution is 1.15. The molecule has 470 valence electrons. The molecule has 0 atom stereocenters. The van der Waals surface area contributed by atoms with Gasteiger partial charge >= 0.3 is 0 Å². The van der Waals surface area contributed by atoms with Crippen LogP contribution >= 0.6 is 11.8 Å². The largest absolute Gasteiger partial charge is 0.310 e. The van der Waals surface area contributed by atoms with Gasteiger partial charge in [-0.2, -0.15) is 0 Å². The topological polar surface area (TPSA) is 13.1 Å². The van der Waals surface area contributed by atoms with Gasteiger partial charge in [0, 0.05) is 65.2 Å². The number of fused-ring (bicyclic) bond motifs is 10. The first kappa shape index (κ1) is 58.5. The number of nitrogens with zero attached hydrogens (tertiary/aromatic N) is 3. The zero-order valence-electron chi connectivity index (χ0n) is 55.1. The van der Waals surface area contributed by atoms with Gasteiger partial charge in [-0.3, -0.25) is 0 Å². The number of hydrogen-bond acceptors (Lipinski definition) is 2. The molecule has 101 heavy (non-hydrogen) atoms. The first-order chi connectivity index (χ1) is 50.1. The van der Waals surface area contributed by atoms with Crippen molar-refractivity contribution < 1.29 is 0 Å². The standard InChI is InChI=1S/C96H62BN3S/c1-7-28-63(29-8-1)69-52-70(64-30-9-2-10-31-64)55-73(54-69)74-58-84(75-56-71(65-32-11-3-12-33-65)53-72(57-75)66-34-13-4-14-35-66)96-86(59-74)97-85-51-50-76(98-87-46-23-19-40-80(87)81-41-20-24-47-88(81)98)60-91(85)100(95-78(67-36-15-5-16-37-67)44-27-45-79(95)68-38-17-6-18-39-68)92-61-77(62-93(101-96)94(92)97)99-89-48-25-21-42-82(89)83-43-22-26-49-90(83)99/h1-62H. The molecule has 20 rings (SSSR count). The average molecular weight is 1300 g/mol. The van der Waals surface area contributed by atoms with Gasteiger partial charge in [-0.1, -0.05) is 302 Å². The van der Waals surface area contributed by atoms with Crippen LogP contribution in [0.4, 0.5) is 17.1 Å². The molecule has 0 unspecified atom stereocenters. The summed E-state index contributed by atoms with van der Waals surface area (Å²) in [5, 5.41) is 4.89.